The van der Waals surface area contributed by atoms with Crippen molar-refractivity contribution in [2.75, 3.05) is 0 Å². The second kappa shape index (κ2) is 13.8. The van der Waals surface area contributed by atoms with Gasteiger partial charge in [0.15, 0.2) is 0 Å². The first-order valence-electron chi connectivity index (χ1n) is 14.3. The molecule has 5 aromatic rings. The zero-order valence-electron chi connectivity index (χ0n) is 24.6. The van der Waals surface area contributed by atoms with E-state index < -0.39 is 23.0 Å². The van der Waals surface area contributed by atoms with Crippen LogP contribution in [-0.4, -0.2) is 6.10 Å². The van der Waals surface area contributed by atoms with Gasteiger partial charge >= 0.3 is 23.0 Å². The van der Waals surface area contributed by atoms with Gasteiger partial charge in [0.25, 0.3) is 0 Å². The lowest BCUT2D eigenvalue weighted by Crippen LogP contribution is -2.12. The largest absolute Gasteiger partial charge is 0.460 e. The van der Waals surface area contributed by atoms with E-state index in [1.54, 1.807) is 0 Å². The molecule has 5 aromatic carbocycles. The van der Waals surface area contributed by atoms with E-state index in [2.05, 4.69) is 0 Å². The topological polar surface area (TPSA) is 92.5 Å². The van der Waals surface area contributed by atoms with Gasteiger partial charge in [-0.25, -0.2) is 0 Å². The van der Waals surface area contributed by atoms with Crippen molar-refractivity contribution < 1.29 is 27.1 Å². The maximum atomic E-state index is 6.68. The Bertz CT molecular complexity index is 1680. The fourth-order valence-electron chi connectivity index (χ4n) is 4.13. The highest BCUT2D eigenvalue weighted by Gasteiger charge is 2.48. The van der Waals surface area contributed by atoms with Gasteiger partial charge in [-0.2, -0.15) is 0 Å². The van der Waals surface area contributed by atoms with Crippen molar-refractivity contribution in [2.45, 2.75) is 20.0 Å². The van der Waals surface area contributed by atoms with Gasteiger partial charge in [-0.05, 0) is 74.5 Å². The summed E-state index contributed by atoms with van der Waals surface area (Å²) in [7, 11) is -11.3. The van der Waals surface area contributed by atoms with E-state index in [9.17, 15) is 0 Å². The van der Waals surface area contributed by atoms with Crippen molar-refractivity contribution >= 4 is 23.0 Å². The molecule has 1 atom stereocenters. The van der Waals surface area contributed by atoms with Crippen LogP contribution < -0.4 is 22.6 Å². The third-order valence-corrected chi connectivity index (χ3v) is 14.2. The first kappa shape index (κ1) is 30.8. The van der Waals surface area contributed by atoms with Crippen molar-refractivity contribution in [2.24, 2.45) is 13.5 Å². The summed E-state index contributed by atoms with van der Waals surface area (Å²) in [6.07, 6.45) is -0.363. The monoisotopic (exact) mass is 659 g/mol. The molecule has 0 spiro atoms. The molecule has 0 N–H and O–H groups in total. The molecule has 6 rings (SSSR count). The summed E-state index contributed by atoms with van der Waals surface area (Å²) in [6.45, 7) is 3.78. The normalized spacial score (nSPS) is 17.9. The van der Waals surface area contributed by atoms with Crippen LogP contribution in [0.2, 0.25) is 0 Å². The fraction of sp³-hybridized carbons (Fsp3) is 0.0909. The van der Waals surface area contributed by atoms with Crippen molar-refractivity contribution in [3.63, 3.8) is 0 Å². The second-order valence-corrected chi connectivity index (χ2v) is 16.1. The SMILES string of the molecule is CC(C)OP1(Oc2ccccc2)=NP(Oc2ccccc2)(Oc2ccccc2)=NP(Oc2ccccc2)(Oc2ccccc2)=N1. The fourth-order valence-corrected chi connectivity index (χ4v) is 13.4. The third-order valence-electron chi connectivity index (χ3n) is 5.86. The van der Waals surface area contributed by atoms with Crippen molar-refractivity contribution in [1.29, 1.82) is 0 Å². The van der Waals surface area contributed by atoms with Crippen LogP contribution in [0.25, 0.3) is 0 Å². The lowest BCUT2D eigenvalue weighted by molar-refractivity contribution is 0.236. The Labute approximate surface area is 263 Å². The molecule has 0 saturated carbocycles. The molecular weight excluding hydrogens is 627 g/mol. The molecule has 0 radical (unpaired) electrons. The van der Waals surface area contributed by atoms with Gasteiger partial charge in [-0.3, -0.25) is 4.52 Å². The minimum absolute atomic E-state index is 0.363. The van der Waals surface area contributed by atoms with Crippen LogP contribution in [0, 0.1) is 0 Å². The number of para-hydroxylation sites is 5. The molecule has 0 saturated heterocycles. The highest BCUT2D eigenvalue weighted by atomic mass is 31.3. The van der Waals surface area contributed by atoms with Crippen LogP contribution >= 0.6 is 23.0 Å². The van der Waals surface area contributed by atoms with Gasteiger partial charge in [-0.15, -0.1) is 9.03 Å². The summed E-state index contributed by atoms with van der Waals surface area (Å²) < 4.78 is 55.3. The van der Waals surface area contributed by atoms with Crippen molar-refractivity contribution in [3.05, 3.63) is 152 Å². The summed E-state index contributed by atoms with van der Waals surface area (Å²) in [4.78, 5) is 0. The molecule has 0 aromatic heterocycles. The first-order valence-corrected chi connectivity index (χ1v) is 18.9. The Balaban J connectivity index is 1.67. The standard InChI is InChI=1S/C33H32N3O6P3/c1-28(2)37-43(38-29-18-8-3-9-19-29)34-44(39-30-20-10-4-11-21-30,40-31-22-12-5-13-23-31)36-45(35-43,41-32-24-14-6-15-25-32)42-33-26-16-7-17-27-33/h3-28H,1-2H3. The molecule has 0 fully saturated rings. The Kier molecular flexibility index (Phi) is 9.44. The van der Waals surface area contributed by atoms with Crippen LogP contribution in [0.15, 0.2) is 165 Å². The van der Waals surface area contributed by atoms with Crippen LogP contribution in [-0.2, 0) is 4.52 Å². The zero-order chi connectivity index (χ0) is 31.0. The van der Waals surface area contributed by atoms with Gasteiger partial charge < -0.3 is 22.6 Å². The Hall–Kier alpha value is -4.25. The van der Waals surface area contributed by atoms with Gasteiger partial charge in [0.2, 0.25) is 0 Å². The van der Waals surface area contributed by atoms with E-state index in [-0.39, 0.29) is 6.10 Å². The molecule has 9 nitrogen and oxygen atoms in total. The summed E-state index contributed by atoms with van der Waals surface area (Å²) in [6, 6.07) is 46.2. The minimum atomic E-state index is -3.79. The van der Waals surface area contributed by atoms with Gasteiger partial charge in [0, 0.05) is 0 Å². The number of rotatable bonds is 12. The summed E-state index contributed by atoms with van der Waals surface area (Å²) in [5.74, 6) is 2.43. The van der Waals surface area contributed by atoms with E-state index in [1.807, 2.05) is 166 Å². The predicted molar refractivity (Wildman–Crippen MR) is 180 cm³/mol. The summed E-state index contributed by atoms with van der Waals surface area (Å²) >= 11 is 0. The molecule has 0 amide bonds. The highest BCUT2D eigenvalue weighted by Crippen LogP contribution is 2.79. The quantitative estimate of drug-likeness (QED) is 0.124. The summed E-state index contributed by atoms with van der Waals surface area (Å²) in [5.41, 5.74) is 0. The van der Waals surface area contributed by atoms with Gasteiger partial charge in [0.1, 0.15) is 28.7 Å². The molecule has 45 heavy (non-hydrogen) atoms. The van der Waals surface area contributed by atoms with Crippen LogP contribution in [0.1, 0.15) is 13.8 Å². The minimum Gasteiger partial charge on any atom is -0.422 e. The molecule has 1 aliphatic rings. The van der Waals surface area contributed by atoms with E-state index in [1.165, 1.54) is 0 Å². The molecule has 12 heteroatoms. The molecule has 0 bridgehead atoms. The summed E-state index contributed by atoms with van der Waals surface area (Å²) in [5, 5.41) is 0. The third kappa shape index (κ3) is 8.08. The molecule has 0 aliphatic carbocycles. The van der Waals surface area contributed by atoms with E-state index in [4.69, 9.17) is 40.7 Å². The van der Waals surface area contributed by atoms with Crippen molar-refractivity contribution in [3.8, 4) is 28.7 Å². The van der Waals surface area contributed by atoms with Crippen LogP contribution in [0.3, 0.4) is 0 Å². The van der Waals surface area contributed by atoms with Crippen molar-refractivity contribution in [1.82, 2.24) is 0 Å². The number of hydrogen-bond acceptors (Lipinski definition) is 9. The van der Waals surface area contributed by atoms with E-state index in [0.29, 0.717) is 28.7 Å². The Morgan fingerprint density at radius 3 is 0.844 bits per heavy atom. The lowest BCUT2D eigenvalue weighted by atomic mass is 10.3. The molecule has 1 aliphatic heterocycles. The smallest absolute Gasteiger partial charge is 0.422 e. The van der Waals surface area contributed by atoms with Crippen LogP contribution in [0.5, 0.6) is 28.7 Å². The number of hydrogen-bond donors (Lipinski definition) is 0. The van der Waals surface area contributed by atoms with E-state index in [0.717, 1.165) is 0 Å². The first-order chi connectivity index (χ1) is 21.9. The van der Waals surface area contributed by atoms with Crippen LogP contribution in [0.4, 0.5) is 0 Å². The lowest BCUT2D eigenvalue weighted by Gasteiger charge is -2.33. The maximum Gasteiger partial charge on any atom is 0.460 e. The number of benzene rings is 5. The Morgan fingerprint density at radius 1 is 0.356 bits per heavy atom. The number of nitrogens with zero attached hydrogens (tertiary/aromatic N) is 3. The average Bonchev–Trinajstić information content (AvgIpc) is 3.02. The zero-order valence-corrected chi connectivity index (χ0v) is 27.3. The highest BCUT2D eigenvalue weighted by molar-refractivity contribution is 7.79. The van der Waals surface area contributed by atoms with Gasteiger partial charge in [-0.1, -0.05) is 95.5 Å². The Morgan fingerprint density at radius 2 is 0.578 bits per heavy atom. The van der Waals surface area contributed by atoms with Gasteiger partial charge in [0.05, 0.1) is 6.10 Å². The maximum absolute atomic E-state index is 6.68. The molecular formula is C33H32N3O6P3. The molecule has 1 heterocycles. The second-order valence-electron chi connectivity index (χ2n) is 9.92. The van der Waals surface area contributed by atoms with E-state index >= 15 is 0 Å². The molecule has 230 valence electrons. The predicted octanol–water partition coefficient (Wildman–Crippen LogP) is 11.7. The molecule has 1 unspecified atom stereocenters. The average molecular weight is 660 g/mol.